The van der Waals surface area contributed by atoms with Gasteiger partial charge >= 0.3 is 6.18 Å². The summed E-state index contributed by atoms with van der Waals surface area (Å²) in [5.74, 6) is 0. The third-order valence-corrected chi connectivity index (χ3v) is 3.82. The van der Waals surface area contributed by atoms with Crippen LogP contribution in [0.1, 0.15) is 17.5 Å². The first-order valence-corrected chi connectivity index (χ1v) is 6.23. The molecule has 1 aromatic carbocycles. The monoisotopic (exact) mass is 256 g/mol. The minimum Gasteiger partial charge on any atom is -0.366 e. The molecule has 3 rings (SSSR count). The number of alkyl halides is 3. The minimum atomic E-state index is -4.25. The van der Waals surface area contributed by atoms with Gasteiger partial charge in [-0.2, -0.15) is 13.2 Å². The largest absolute Gasteiger partial charge is 0.416 e. The van der Waals surface area contributed by atoms with Crippen molar-refractivity contribution in [2.75, 3.05) is 24.5 Å². The second-order valence-corrected chi connectivity index (χ2v) is 4.93. The van der Waals surface area contributed by atoms with Crippen molar-refractivity contribution in [1.29, 1.82) is 0 Å². The summed E-state index contributed by atoms with van der Waals surface area (Å²) in [5.41, 5.74) is 1.28. The summed E-state index contributed by atoms with van der Waals surface area (Å²) in [6.45, 7) is 2.50. The molecule has 2 nitrogen and oxygen atoms in total. The van der Waals surface area contributed by atoms with E-state index < -0.39 is 11.7 Å². The van der Waals surface area contributed by atoms with Crippen LogP contribution in [0.15, 0.2) is 18.2 Å². The molecule has 18 heavy (non-hydrogen) atoms. The Morgan fingerprint density at radius 1 is 1.28 bits per heavy atom. The number of piperazine rings is 1. The van der Waals surface area contributed by atoms with Gasteiger partial charge in [-0.25, -0.2) is 0 Å². The number of nitrogens with one attached hydrogen (secondary N) is 1. The van der Waals surface area contributed by atoms with E-state index in [0.29, 0.717) is 6.04 Å². The van der Waals surface area contributed by atoms with Crippen LogP contribution in [0.4, 0.5) is 18.9 Å². The molecule has 0 unspecified atom stereocenters. The summed E-state index contributed by atoms with van der Waals surface area (Å²) in [7, 11) is 0. The molecule has 0 radical (unpaired) electrons. The van der Waals surface area contributed by atoms with Crippen molar-refractivity contribution in [2.24, 2.45) is 0 Å². The standard InChI is InChI=1S/C13H15F3N2/c14-13(15,16)10-3-1-9-2-4-11-8-17-5-6-18(11)12(9)7-10/h1,3,7,11,17H,2,4-6,8H2/t11-/m0/s1. The topological polar surface area (TPSA) is 15.3 Å². The van der Waals surface area contributed by atoms with Gasteiger partial charge in [0, 0.05) is 31.4 Å². The molecule has 1 atom stereocenters. The highest BCUT2D eigenvalue weighted by atomic mass is 19.4. The van der Waals surface area contributed by atoms with Crippen LogP contribution in [0.3, 0.4) is 0 Å². The van der Waals surface area contributed by atoms with E-state index in [4.69, 9.17) is 0 Å². The number of benzene rings is 1. The number of anilines is 1. The lowest BCUT2D eigenvalue weighted by molar-refractivity contribution is -0.137. The van der Waals surface area contributed by atoms with Crippen LogP contribution in [-0.2, 0) is 12.6 Å². The number of fused-ring (bicyclic) bond motifs is 3. The van der Waals surface area contributed by atoms with E-state index in [2.05, 4.69) is 10.2 Å². The molecule has 2 aliphatic heterocycles. The molecule has 1 saturated heterocycles. The maximum atomic E-state index is 12.8. The van der Waals surface area contributed by atoms with Crippen LogP contribution in [-0.4, -0.2) is 25.7 Å². The quantitative estimate of drug-likeness (QED) is 0.767. The Kier molecular flexibility index (Phi) is 2.73. The lowest BCUT2D eigenvalue weighted by Gasteiger charge is -2.42. The van der Waals surface area contributed by atoms with Crippen molar-refractivity contribution in [1.82, 2.24) is 5.32 Å². The van der Waals surface area contributed by atoms with Gasteiger partial charge in [0.2, 0.25) is 0 Å². The maximum Gasteiger partial charge on any atom is 0.416 e. The van der Waals surface area contributed by atoms with Gasteiger partial charge in [0.15, 0.2) is 0 Å². The molecule has 1 fully saturated rings. The molecule has 2 aliphatic rings. The smallest absolute Gasteiger partial charge is 0.366 e. The highest BCUT2D eigenvalue weighted by molar-refractivity contribution is 5.59. The highest BCUT2D eigenvalue weighted by Gasteiger charge is 2.34. The fourth-order valence-corrected chi connectivity index (χ4v) is 2.88. The summed E-state index contributed by atoms with van der Waals surface area (Å²) in [4.78, 5) is 2.13. The van der Waals surface area contributed by atoms with E-state index in [9.17, 15) is 13.2 Å². The fourth-order valence-electron chi connectivity index (χ4n) is 2.88. The highest BCUT2D eigenvalue weighted by Crippen LogP contribution is 2.37. The van der Waals surface area contributed by atoms with Gasteiger partial charge in [0.05, 0.1) is 5.56 Å². The zero-order valence-corrected chi connectivity index (χ0v) is 9.93. The molecule has 98 valence electrons. The summed E-state index contributed by atoms with van der Waals surface area (Å²) in [6, 6.07) is 4.49. The molecular formula is C13H15F3N2. The summed E-state index contributed by atoms with van der Waals surface area (Å²) in [6.07, 6.45) is -2.36. The van der Waals surface area contributed by atoms with Gasteiger partial charge in [-0.1, -0.05) is 6.07 Å². The molecule has 1 N–H and O–H groups in total. The van der Waals surface area contributed by atoms with Crippen LogP contribution in [0.2, 0.25) is 0 Å². The predicted octanol–water partition coefficient (Wildman–Crippen LogP) is 2.43. The third-order valence-electron chi connectivity index (χ3n) is 3.82. The maximum absolute atomic E-state index is 12.8. The molecule has 0 saturated carbocycles. The average molecular weight is 256 g/mol. The second-order valence-electron chi connectivity index (χ2n) is 4.93. The molecule has 0 aromatic heterocycles. The summed E-state index contributed by atoms with van der Waals surface area (Å²) >= 11 is 0. The van der Waals surface area contributed by atoms with E-state index in [1.165, 1.54) is 12.1 Å². The Bertz CT molecular complexity index is 456. The van der Waals surface area contributed by atoms with Gasteiger partial charge in [0.1, 0.15) is 0 Å². The number of aryl methyl sites for hydroxylation is 1. The van der Waals surface area contributed by atoms with Crippen LogP contribution < -0.4 is 10.2 Å². The van der Waals surface area contributed by atoms with Crippen molar-refractivity contribution in [3.63, 3.8) is 0 Å². The Balaban J connectivity index is 2.00. The van der Waals surface area contributed by atoms with Gasteiger partial charge < -0.3 is 10.2 Å². The molecule has 0 spiro atoms. The first-order chi connectivity index (χ1) is 8.55. The van der Waals surface area contributed by atoms with Crippen LogP contribution in [0.5, 0.6) is 0 Å². The third kappa shape index (κ3) is 1.96. The van der Waals surface area contributed by atoms with Gasteiger partial charge in [-0.05, 0) is 30.5 Å². The average Bonchev–Trinajstić information content (AvgIpc) is 2.37. The second kappa shape index (κ2) is 4.16. The zero-order valence-electron chi connectivity index (χ0n) is 9.93. The van der Waals surface area contributed by atoms with Crippen LogP contribution >= 0.6 is 0 Å². The Morgan fingerprint density at radius 2 is 2.11 bits per heavy atom. The number of halogens is 3. The number of hydrogen-bond acceptors (Lipinski definition) is 2. The van der Waals surface area contributed by atoms with Crippen LogP contribution in [0.25, 0.3) is 0 Å². The van der Waals surface area contributed by atoms with E-state index >= 15 is 0 Å². The SMILES string of the molecule is FC(F)(F)c1ccc2c(c1)N1CCNC[C@@H]1CC2. The molecule has 1 aromatic rings. The zero-order chi connectivity index (χ0) is 12.8. The van der Waals surface area contributed by atoms with Crippen molar-refractivity contribution < 1.29 is 13.2 Å². The Hall–Kier alpha value is -1.23. The van der Waals surface area contributed by atoms with Gasteiger partial charge in [-0.15, -0.1) is 0 Å². The lowest BCUT2D eigenvalue weighted by Crippen LogP contribution is -2.53. The van der Waals surface area contributed by atoms with E-state index in [1.807, 2.05) is 0 Å². The molecule has 2 heterocycles. The normalized spacial score (nSPS) is 23.5. The Morgan fingerprint density at radius 3 is 2.89 bits per heavy atom. The number of nitrogens with zero attached hydrogens (tertiary/aromatic N) is 1. The first kappa shape index (κ1) is 11.8. The first-order valence-electron chi connectivity index (χ1n) is 6.23. The molecular weight excluding hydrogens is 241 g/mol. The minimum absolute atomic E-state index is 0.342. The van der Waals surface area contributed by atoms with Crippen molar-refractivity contribution in [3.8, 4) is 0 Å². The van der Waals surface area contributed by atoms with Gasteiger partial charge in [-0.3, -0.25) is 0 Å². The van der Waals surface area contributed by atoms with E-state index in [-0.39, 0.29) is 0 Å². The summed E-state index contributed by atoms with van der Waals surface area (Å²) in [5, 5.41) is 3.30. The molecule has 0 aliphatic carbocycles. The van der Waals surface area contributed by atoms with E-state index in [1.54, 1.807) is 6.07 Å². The number of hydrogen-bond donors (Lipinski definition) is 1. The predicted molar refractivity (Wildman–Crippen MR) is 63.8 cm³/mol. The molecule has 5 heteroatoms. The number of rotatable bonds is 0. The van der Waals surface area contributed by atoms with Crippen molar-refractivity contribution in [2.45, 2.75) is 25.1 Å². The summed E-state index contributed by atoms with van der Waals surface area (Å²) < 4.78 is 38.3. The Labute approximate surface area is 104 Å². The van der Waals surface area contributed by atoms with E-state index in [0.717, 1.165) is 43.7 Å². The molecule has 0 amide bonds. The van der Waals surface area contributed by atoms with Crippen molar-refractivity contribution in [3.05, 3.63) is 29.3 Å². The van der Waals surface area contributed by atoms with Gasteiger partial charge in [0.25, 0.3) is 0 Å². The molecule has 0 bridgehead atoms. The van der Waals surface area contributed by atoms with Crippen LogP contribution in [0, 0.1) is 0 Å². The van der Waals surface area contributed by atoms with Crippen molar-refractivity contribution >= 4 is 5.69 Å². The lowest BCUT2D eigenvalue weighted by atomic mass is 9.93. The fraction of sp³-hybridized carbons (Fsp3) is 0.538.